The van der Waals surface area contributed by atoms with Crippen molar-refractivity contribution in [2.45, 2.75) is 32.1 Å². The molecule has 2 aromatic rings. The van der Waals surface area contributed by atoms with Crippen LogP contribution in [0.25, 0.3) is 10.9 Å². The van der Waals surface area contributed by atoms with Crippen LogP contribution in [-0.2, 0) is 4.79 Å². The van der Waals surface area contributed by atoms with Crippen LogP contribution in [0.2, 0.25) is 0 Å². The highest BCUT2D eigenvalue weighted by Crippen LogP contribution is 2.31. The maximum absolute atomic E-state index is 14.4. The van der Waals surface area contributed by atoms with Gasteiger partial charge in [-0.2, -0.15) is 0 Å². The molecule has 120 valence electrons. The first-order valence-electron chi connectivity index (χ1n) is 8.37. The third kappa shape index (κ3) is 3.00. The number of rotatable bonds is 3. The van der Waals surface area contributed by atoms with Gasteiger partial charge in [0.05, 0.1) is 0 Å². The van der Waals surface area contributed by atoms with Crippen molar-refractivity contribution in [3.63, 3.8) is 0 Å². The first-order valence-corrected chi connectivity index (χ1v) is 8.37. The monoisotopic (exact) mass is 313 g/mol. The summed E-state index contributed by atoms with van der Waals surface area (Å²) in [6.45, 7) is 1.96. The van der Waals surface area contributed by atoms with E-state index in [2.05, 4.69) is 15.2 Å². The number of anilines is 2. The van der Waals surface area contributed by atoms with Gasteiger partial charge in [-0.25, -0.2) is 9.37 Å². The van der Waals surface area contributed by atoms with Crippen molar-refractivity contribution in [3.8, 4) is 0 Å². The molecule has 1 saturated carbocycles. The molecule has 0 radical (unpaired) electrons. The molecule has 1 aromatic carbocycles. The van der Waals surface area contributed by atoms with Crippen LogP contribution in [0.1, 0.15) is 32.1 Å². The first-order chi connectivity index (χ1) is 11.2. The Kier molecular flexibility index (Phi) is 3.63. The number of hydrogen-bond donors (Lipinski definition) is 1. The molecule has 0 bridgehead atoms. The van der Waals surface area contributed by atoms with Crippen LogP contribution < -0.4 is 10.2 Å². The number of piperidine rings is 1. The predicted molar refractivity (Wildman–Crippen MR) is 89.1 cm³/mol. The smallest absolute Gasteiger partial charge is 0.227 e. The molecule has 0 unspecified atom stereocenters. The number of carbonyl (C=O) groups excluding carboxylic acids is 1. The highest BCUT2D eigenvalue weighted by molar-refractivity contribution is 5.96. The Bertz CT molecular complexity index is 751. The van der Waals surface area contributed by atoms with E-state index in [1.54, 1.807) is 6.07 Å². The number of benzene rings is 1. The zero-order valence-corrected chi connectivity index (χ0v) is 13.0. The van der Waals surface area contributed by atoms with Crippen LogP contribution in [-0.4, -0.2) is 24.0 Å². The van der Waals surface area contributed by atoms with Crippen molar-refractivity contribution < 1.29 is 9.18 Å². The summed E-state index contributed by atoms with van der Waals surface area (Å²) < 4.78 is 14.4. The number of amides is 1. The molecule has 1 N–H and O–H groups in total. The van der Waals surface area contributed by atoms with Gasteiger partial charge in [-0.05, 0) is 56.4 Å². The van der Waals surface area contributed by atoms with E-state index in [4.69, 9.17) is 0 Å². The third-order valence-electron chi connectivity index (χ3n) is 4.63. The summed E-state index contributed by atoms with van der Waals surface area (Å²) >= 11 is 0. The van der Waals surface area contributed by atoms with Crippen LogP contribution >= 0.6 is 0 Å². The standard InChI is InChI=1S/C18H20FN3O/c19-15-11-14(20-18(23)12-4-5-12)10-13-6-7-16(21-17(13)15)22-8-2-1-3-9-22/h6-7,10-12H,1-5,8-9H2,(H,20,23). The molecule has 5 heteroatoms. The quantitative estimate of drug-likeness (QED) is 0.939. The van der Waals surface area contributed by atoms with Crippen molar-refractivity contribution in [2.75, 3.05) is 23.3 Å². The number of pyridine rings is 1. The highest BCUT2D eigenvalue weighted by Gasteiger charge is 2.29. The fourth-order valence-electron chi connectivity index (χ4n) is 3.14. The number of nitrogens with zero attached hydrogens (tertiary/aromatic N) is 2. The summed E-state index contributed by atoms with van der Waals surface area (Å²) in [6.07, 6.45) is 5.44. The lowest BCUT2D eigenvalue weighted by Gasteiger charge is -2.27. The van der Waals surface area contributed by atoms with Crippen molar-refractivity contribution in [1.82, 2.24) is 4.98 Å². The molecule has 4 nitrogen and oxygen atoms in total. The summed E-state index contributed by atoms with van der Waals surface area (Å²) in [4.78, 5) is 18.5. The fraction of sp³-hybridized carbons (Fsp3) is 0.444. The van der Waals surface area contributed by atoms with E-state index in [1.165, 1.54) is 12.5 Å². The first kappa shape index (κ1) is 14.4. The third-order valence-corrected chi connectivity index (χ3v) is 4.63. The molecule has 1 aliphatic carbocycles. The van der Waals surface area contributed by atoms with Crippen molar-refractivity contribution >= 4 is 28.3 Å². The fourth-order valence-corrected chi connectivity index (χ4v) is 3.14. The lowest BCUT2D eigenvalue weighted by Crippen LogP contribution is -2.30. The van der Waals surface area contributed by atoms with Gasteiger partial charge in [-0.1, -0.05) is 0 Å². The Labute approximate surface area is 134 Å². The number of nitrogens with one attached hydrogen (secondary N) is 1. The van der Waals surface area contributed by atoms with Crippen molar-refractivity contribution in [2.24, 2.45) is 5.92 Å². The number of fused-ring (bicyclic) bond motifs is 1. The second-order valence-electron chi connectivity index (χ2n) is 6.51. The molecular formula is C18H20FN3O. The second-order valence-corrected chi connectivity index (χ2v) is 6.51. The van der Waals surface area contributed by atoms with Gasteiger partial charge in [0.2, 0.25) is 5.91 Å². The molecule has 23 heavy (non-hydrogen) atoms. The number of carbonyl (C=O) groups is 1. The summed E-state index contributed by atoms with van der Waals surface area (Å²) in [6, 6.07) is 7.00. The molecule has 1 aromatic heterocycles. The van der Waals surface area contributed by atoms with E-state index in [1.807, 2.05) is 12.1 Å². The summed E-state index contributed by atoms with van der Waals surface area (Å²) in [5.41, 5.74) is 0.886. The highest BCUT2D eigenvalue weighted by atomic mass is 19.1. The molecule has 1 aliphatic heterocycles. The lowest BCUT2D eigenvalue weighted by molar-refractivity contribution is -0.117. The van der Waals surface area contributed by atoms with Gasteiger partial charge in [-0.15, -0.1) is 0 Å². The van der Waals surface area contributed by atoms with Gasteiger partial charge in [-0.3, -0.25) is 4.79 Å². The summed E-state index contributed by atoms with van der Waals surface area (Å²) in [5, 5.41) is 3.52. The summed E-state index contributed by atoms with van der Waals surface area (Å²) in [7, 11) is 0. The van der Waals surface area contributed by atoms with Crippen LogP contribution in [0.15, 0.2) is 24.3 Å². The number of halogens is 1. The second kappa shape index (κ2) is 5.80. The minimum atomic E-state index is -0.382. The van der Waals surface area contributed by atoms with Gasteiger partial charge < -0.3 is 10.2 Å². The average molecular weight is 313 g/mol. The largest absolute Gasteiger partial charge is 0.357 e. The van der Waals surface area contributed by atoms with Crippen LogP contribution in [0.4, 0.5) is 15.9 Å². The van der Waals surface area contributed by atoms with E-state index in [0.29, 0.717) is 11.2 Å². The van der Waals surface area contributed by atoms with Gasteiger partial charge in [0.25, 0.3) is 0 Å². The molecule has 2 heterocycles. The molecule has 0 atom stereocenters. The Balaban J connectivity index is 1.63. The molecule has 1 amide bonds. The molecular weight excluding hydrogens is 293 g/mol. The van der Waals surface area contributed by atoms with Crippen LogP contribution in [0.5, 0.6) is 0 Å². The minimum Gasteiger partial charge on any atom is -0.357 e. The average Bonchev–Trinajstić information content (AvgIpc) is 3.40. The molecule has 2 fully saturated rings. The zero-order chi connectivity index (χ0) is 15.8. The van der Waals surface area contributed by atoms with E-state index in [9.17, 15) is 9.18 Å². The molecule has 4 rings (SSSR count). The lowest BCUT2D eigenvalue weighted by atomic mass is 10.1. The normalized spacial score (nSPS) is 18.2. The Hall–Kier alpha value is -2.17. The van der Waals surface area contributed by atoms with Gasteiger partial charge in [0.15, 0.2) is 5.82 Å². The van der Waals surface area contributed by atoms with Crippen LogP contribution in [0, 0.1) is 11.7 Å². The molecule has 2 aliphatic rings. The number of hydrogen-bond acceptors (Lipinski definition) is 3. The van der Waals surface area contributed by atoms with E-state index >= 15 is 0 Å². The van der Waals surface area contributed by atoms with Crippen molar-refractivity contribution in [1.29, 1.82) is 0 Å². The van der Waals surface area contributed by atoms with Crippen molar-refractivity contribution in [3.05, 3.63) is 30.1 Å². The zero-order valence-electron chi connectivity index (χ0n) is 13.0. The summed E-state index contributed by atoms with van der Waals surface area (Å²) in [5.74, 6) is 0.549. The predicted octanol–water partition coefficient (Wildman–Crippen LogP) is 3.71. The van der Waals surface area contributed by atoms with E-state index in [0.717, 1.165) is 50.0 Å². The minimum absolute atomic E-state index is 0.0124. The SMILES string of the molecule is O=C(Nc1cc(F)c2nc(N3CCCCC3)ccc2c1)C1CC1. The Morgan fingerprint density at radius 3 is 2.70 bits per heavy atom. The van der Waals surface area contributed by atoms with Crippen LogP contribution in [0.3, 0.4) is 0 Å². The number of aromatic nitrogens is 1. The molecule has 0 spiro atoms. The molecule has 1 saturated heterocycles. The van der Waals surface area contributed by atoms with E-state index < -0.39 is 0 Å². The Morgan fingerprint density at radius 2 is 1.96 bits per heavy atom. The van der Waals surface area contributed by atoms with Gasteiger partial charge >= 0.3 is 0 Å². The Morgan fingerprint density at radius 1 is 1.17 bits per heavy atom. The van der Waals surface area contributed by atoms with Gasteiger partial charge in [0.1, 0.15) is 11.3 Å². The van der Waals surface area contributed by atoms with Gasteiger partial charge in [0, 0.05) is 30.1 Å². The topological polar surface area (TPSA) is 45.2 Å². The maximum Gasteiger partial charge on any atom is 0.227 e. The maximum atomic E-state index is 14.4. The van der Waals surface area contributed by atoms with E-state index in [-0.39, 0.29) is 17.6 Å².